The largest absolute Gasteiger partial charge is 0.483 e. The smallest absolute Gasteiger partial charge is 0.261 e. The monoisotopic (exact) mass is 506 g/mol. The first-order valence-corrected chi connectivity index (χ1v) is 11.6. The molecule has 1 N–H and O–H groups in total. The summed E-state index contributed by atoms with van der Waals surface area (Å²) in [4.78, 5) is 27.0. The number of carbonyl (C=O) groups excluding carboxylic acids is 2. The van der Waals surface area contributed by atoms with E-state index in [9.17, 15) is 14.0 Å². The summed E-state index contributed by atoms with van der Waals surface area (Å²) < 4.78 is 20.7. The molecule has 5 nitrogen and oxygen atoms in total. The number of nitrogens with zero attached hydrogens (tertiary/aromatic N) is 1. The molecule has 7 heteroatoms. The van der Waals surface area contributed by atoms with Crippen molar-refractivity contribution in [3.8, 4) is 5.75 Å². The minimum absolute atomic E-state index is 0.0191. The van der Waals surface area contributed by atoms with Crippen LogP contribution >= 0.6 is 15.9 Å². The van der Waals surface area contributed by atoms with E-state index in [-0.39, 0.29) is 24.5 Å². The van der Waals surface area contributed by atoms with Crippen LogP contribution in [-0.4, -0.2) is 35.9 Å². The third kappa shape index (κ3) is 7.05. The van der Waals surface area contributed by atoms with Crippen molar-refractivity contribution >= 4 is 27.7 Å². The van der Waals surface area contributed by atoms with Gasteiger partial charge in [-0.25, -0.2) is 4.39 Å². The number of amides is 2. The molecule has 1 atom stereocenters. The summed E-state index contributed by atoms with van der Waals surface area (Å²) in [7, 11) is 0. The summed E-state index contributed by atoms with van der Waals surface area (Å²) >= 11 is 3.51. The molecule has 0 saturated carbocycles. The highest BCUT2D eigenvalue weighted by Gasteiger charge is 2.27. The van der Waals surface area contributed by atoms with Gasteiger partial charge in [-0.15, -0.1) is 0 Å². The van der Waals surface area contributed by atoms with Crippen LogP contribution in [0.4, 0.5) is 4.39 Å². The fourth-order valence-electron chi connectivity index (χ4n) is 3.10. The van der Waals surface area contributed by atoms with Gasteiger partial charge in [-0.1, -0.05) is 52.0 Å². The average Bonchev–Trinajstić information content (AvgIpc) is 2.74. The van der Waals surface area contributed by atoms with Gasteiger partial charge in [0.1, 0.15) is 17.6 Å². The Morgan fingerprint density at radius 1 is 1.19 bits per heavy atom. The van der Waals surface area contributed by atoms with Crippen molar-refractivity contribution in [2.75, 3.05) is 13.2 Å². The number of hydrogen-bond acceptors (Lipinski definition) is 3. The van der Waals surface area contributed by atoms with Gasteiger partial charge in [0.25, 0.3) is 5.91 Å². The van der Waals surface area contributed by atoms with Crippen LogP contribution in [-0.2, 0) is 21.5 Å². The van der Waals surface area contributed by atoms with E-state index >= 15 is 0 Å². The number of ether oxygens (including phenoxy) is 1. The summed E-state index contributed by atoms with van der Waals surface area (Å²) in [6, 6.07) is 11.2. The van der Waals surface area contributed by atoms with Gasteiger partial charge in [0.05, 0.1) is 4.47 Å². The molecule has 0 bridgehead atoms. The third-order valence-corrected chi connectivity index (χ3v) is 5.78. The molecule has 2 rings (SSSR count). The van der Waals surface area contributed by atoms with E-state index in [1.54, 1.807) is 25.1 Å². The van der Waals surface area contributed by atoms with Crippen LogP contribution in [0, 0.1) is 5.82 Å². The minimum Gasteiger partial charge on any atom is -0.483 e. The van der Waals surface area contributed by atoms with E-state index in [0.717, 1.165) is 16.5 Å². The van der Waals surface area contributed by atoms with Crippen LogP contribution < -0.4 is 10.1 Å². The molecule has 32 heavy (non-hydrogen) atoms. The maximum Gasteiger partial charge on any atom is 0.261 e. The van der Waals surface area contributed by atoms with Crippen LogP contribution in [0.1, 0.15) is 52.2 Å². The highest BCUT2D eigenvalue weighted by molar-refractivity contribution is 9.10. The van der Waals surface area contributed by atoms with E-state index in [1.165, 1.54) is 11.0 Å². The van der Waals surface area contributed by atoms with Gasteiger partial charge >= 0.3 is 0 Å². The Balaban J connectivity index is 2.18. The molecule has 0 aromatic heterocycles. The second kappa shape index (κ2) is 11.5. The van der Waals surface area contributed by atoms with Gasteiger partial charge in [0.15, 0.2) is 6.61 Å². The molecule has 174 valence electrons. The van der Waals surface area contributed by atoms with Crippen molar-refractivity contribution in [2.24, 2.45) is 0 Å². The van der Waals surface area contributed by atoms with E-state index in [2.05, 4.69) is 42.0 Å². The van der Waals surface area contributed by atoms with Crippen LogP contribution in [0.15, 0.2) is 46.9 Å². The van der Waals surface area contributed by atoms with E-state index < -0.39 is 17.8 Å². The van der Waals surface area contributed by atoms with E-state index in [1.807, 2.05) is 25.1 Å². The van der Waals surface area contributed by atoms with Crippen molar-refractivity contribution < 1.29 is 18.7 Å². The quantitative estimate of drug-likeness (QED) is 0.507. The molecule has 0 saturated heterocycles. The number of nitrogens with one attached hydrogen (secondary N) is 1. The summed E-state index contributed by atoms with van der Waals surface area (Å²) in [5, 5.41) is 2.80. The lowest BCUT2D eigenvalue weighted by Gasteiger charge is -2.29. The summed E-state index contributed by atoms with van der Waals surface area (Å²) in [5.74, 6) is -0.584. The molecule has 0 aliphatic carbocycles. The third-order valence-electron chi connectivity index (χ3n) is 5.16. The van der Waals surface area contributed by atoms with Gasteiger partial charge < -0.3 is 15.0 Å². The molecule has 2 amide bonds. The van der Waals surface area contributed by atoms with Gasteiger partial charge in [0.2, 0.25) is 5.91 Å². The highest BCUT2D eigenvalue weighted by atomic mass is 79.9. The zero-order chi connectivity index (χ0) is 23.9. The molecule has 0 heterocycles. The molecule has 0 aliphatic heterocycles. The average molecular weight is 507 g/mol. The normalized spacial score (nSPS) is 12.2. The first-order chi connectivity index (χ1) is 15.0. The van der Waals surface area contributed by atoms with Crippen LogP contribution in [0.5, 0.6) is 5.75 Å². The van der Waals surface area contributed by atoms with Crippen molar-refractivity contribution in [1.82, 2.24) is 10.2 Å². The SMILES string of the molecule is CCCNC(=O)C(C)N(Cc1ccccc1F)C(=O)COc1ccc(C(C)(C)C)cc1Br. The first-order valence-electron chi connectivity index (χ1n) is 10.8. The molecule has 2 aromatic rings. The molecule has 0 fully saturated rings. The number of benzene rings is 2. The van der Waals surface area contributed by atoms with Gasteiger partial charge in [0, 0.05) is 18.7 Å². The Morgan fingerprint density at radius 3 is 2.47 bits per heavy atom. The lowest BCUT2D eigenvalue weighted by atomic mass is 9.87. The predicted octanol–water partition coefficient (Wildman–Crippen LogP) is 5.21. The van der Waals surface area contributed by atoms with Crippen molar-refractivity contribution in [3.63, 3.8) is 0 Å². The standard InChI is InChI=1S/C25H32BrFN2O3/c1-6-13-28-24(31)17(2)29(15-18-9-7-8-10-21(18)27)23(30)16-32-22-12-11-19(14-20(22)26)25(3,4)5/h7-12,14,17H,6,13,15-16H2,1-5H3,(H,28,31). The fraction of sp³-hybridized carbons (Fsp3) is 0.440. The predicted molar refractivity (Wildman–Crippen MR) is 128 cm³/mol. The Labute approximate surface area is 198 Å². The van der Waals surface area contributed by atoms with Crippen molar-refractivity contribution in [1.29, 1.82) is 0 Å². The number of carbonyl (C=O) groups is 2. The molecule has 1 unspecified atom stereocenters. The second-order valence-electron chi connectivity index (χ2n) is 8.76. The number of hydrogen-bond donors (Lipinski definition) is 1. The van der Waals surface area contributed by atoms with Crippen molar-refractivity contribution in [2.45, 2.75) is 59.0 Å². The molecular formula is C25H32BrFN2O3. The fourth-order valence-corrected chi connectivity index (χ4v) is 3.59. The Morgan fingerprint density at radius 2 is 1.88 bits per heavy atom. The number of rotatable bonds is 9. The maximum atomic E-state index is 14.2. The first kappa shape index (κ1) is 25.8. The Bertz CT molecular complexity index is 943. The Kier molecular flexibility index (Phi) is 9.25. The van der Waals surface area contributed by atoms with E-state index in [0.29, 0.717) is 17.9 Å². The maximum absolute atomic E-state index is 14.2. The summed E-state index contributed by atoms with van der Waals surface area (Å²) in [5.41, 5.74) is 1.45. The number of halogens is 2. The molecule has 0 aliphatic rings. The van der Waals surface area contributed by atoms with E-state index in [4.69, 9.17) is 4.74 Å². The lowest BCUT2D eigenvalue weighted by Crippen LogP contribution is -2.49. The van der Waals surface area contributed by atoms with Gasteiger partial charge in [-0.2, -0.15) is 0 Å². The zero-order valence-electron chi connectivity index (χ0n) is 19.4. The molecule has 0 spiro atoms. The van der Waals surface area contributed by atoms with Crippen LogP contribution in [0.3, 0.4) is 0 Å². The Hall–Kier alpha value is -2.41. The summed E-state index contributed by atoms with van der Waals surface area (Å²) in [6.45, 7) is 10.1. The molecule has 2 aromatic carbocycles. The second-order valence-corrected chi connectivity index (χ2v) is 9.62. The van der Waals surface area contributed by atoms with Crippen molar-refractivity contribution in [3.05, 3.63) is 63.9 Å². The van der Waals surface area contributed by atoms with Gasteiger partial charge in [-0.3, -0.25) is 9.59 Å². The highest BCUT2D eigenvalue weighted by Crippen LogP contribution is 2.31. The van der Waals surface area contributed by atoms with Crippen LogP contribution in [0.2, 0.25) is 0 Å². The molecule has 0 radical (unpaired) electrons. The van der Waals surface area contributed by atoms with Crippen LogP contribution in [0.25, 0.3) is 0 Å². The minimum atomic E-state index is -0.774. The zero-order valence-corrected chi connectivity index (χ0v) is 21.0. The summed E-state index contributed by atoms with van der Waals surface area (Å²) in [6.07, 6.45) is 0.779. The topological polar surface area (TPSA) is 58.6 Å². The van der Waals surface area contributed by atoms with Gasteiger partial charge in [-0.05, 0) is 58.5 Å². The lowest BCUT2D eigenvalue weighted by molar-refractivity contribution is -0.142. The molecular weight excluding hydrogens is 475 g/mol.